The van der Waals surface area contributed by atoms with E-state index >= 15 is 0 Å². The lowest BCUT2D eigenvalue weighted by molar-refractivity contribution is 0.0524. The lowest BCUT2D eigenvalue weighted by Gasteiger charge is -2.37. The predicted molar refractivity (Wildman–Crippen MR) is 68.3 cm³/mol. The maximum absolute atomic E-state index is 12.5. The van der Waals surface area contributed by atoms with Gasteiger partial charge in [0.1, 0.15) is 0 Å². The highest BCUT2D eigenvalue weighted by atomic mass is 16.3. The quantitative estimate of drug-likeness (QED) is 0.848. The molecule has 1 saturated carbocycles. The number of nitrogens with zero attached hydrogens (tertiary/aromatic N) is 3. The first-order chi connectivity index (χ1) is 8.67. The van der Waals surface area contributed by atoms with Gasteiger partial charge in [-0.1, -0.05) is 6.92 Å². The van der Waals surface area contributed by atoms with Gasteiger partial charge in [-0.3, -0.25) is 9.48 Å². The summed E-state index contributed by atoms with van der Waals surface area (Å²) in [4.78, 5) is 14.3. The zero-order valence-corrected chi connectivity index (χ0v) is 11.1. The lowest BCUT2D eigenvalue weighted by atomic mass is 9.91. The van der Waals surface area contributed by atoms with E-state index in [2.05, 4.69) is 5.10 Å². The number of rotatable bonds is 5. The number of aryl methyl sites for hydroxylation is 2. The Bertz CT molecular complexity index is 424. The number of aromatic nitrogens is 2. The Morgan fingerprint density at radius 3 is 2.83 bits per heavy atom. The molecule has 1 aromatic heterocycles. The largest absolute Gasteiger partial charge is 0.395 e. The normalized spacial score (nSPS) is 15.5. The number of hydrogen-bond donors (Lipinski definition) is 1. The second kappa shape index (κ2) is 5.52. The molecule has 1 N–H and O–H groups in total. The van der Waals surface area contributed by atoms with Crippen LogP contribution in [0.25, 0.3) is 0 Å². The first-order valence-corrected chi connectivity index (χ1v) is 6.61. The molecule has 0 spiro atoms. The number of aliphatic hydroxyl groups is 1. The summed E-state index contributed by atoms with van der Waals surface area (Å²) in [6.45, 7) is 2.43. The van der Waals surface area contributed by atoms with E-state index in [1.807, 2.05) is 14.0 Å². The van der Waals surface area contributed by atoms with Crippen LogP contribution in [0.15, 0.2) is 6.20 Å². The minimum absolute atomic E-state index is 0.0127. The van der Waals surface area contributed by atoms with E-state index < -0.39 is 0 Å². The third-order valence-electron chi connectivity index (χ3n) is 3.59. The topological polar surface area (TPSA) is 58.4 Å². The molecule has 0 saturated heterocycles. The van der Waals surface area contributed by atoms with E-state index in [4.69, 9.17) is 5.11 Å². The van der Waals surface area contributed by atoms with Gasteiger partial charge in [0, 0.05) is 25.8 Å². The van der Waals surface area contributed by atoms with Crippen LogP contribution in [0, 0.1) is 0 Å². The molecular formula is C13H21N3O2. The maximum atomic E-state index is 12.5. The third kappa shape index (κ3) is 2.41. The smallest absolute Gasteiger partial charge is 0.257 e. The summed E-state index contributed by atoms with van der Waals surface area (Å²) >= 11 is 0. The van der Waals surface area contributed by atoms with Crippen LogP contribution in [-0.2, 0) is 13.5 Å². The van der Waals surface area contributed by atoms with Crippen molar-refractivity contribution in [3.05, 3.63) is 17.5 Å². The lowest BCUT2D eigenvalue weighted by Crippen LogP contribution is -2.45. The third-order valence-corrected chi connectivity index (χ3v) is 3.59. The van der Waals surface area contributed by atoms with Crippen molar-refractivity contribution in [1.82, 2.24) is 14.7 Å². The number of amides is 1. The molecule has 5 nitrogen and oxygen atoms in total. The van der Waals surface area contributed by atoms with Crippen LogP contribution in [0.4, 0.5) is 0 Å². The van der Waals surface area contributed by atoms with Crippen molar-refractivity contribution < 1.29 is 9.90 Å². The van der Waals surface area contributed by atoms with Gasteiger partial charge in [-0.15, -0.1) is 0 Å². The molecule has 5 heteroatoms. The Morgan fingerprint density at radius 2 is 2.33 bits per heavy atom. The Labute approximate surface area is 107 Å². The SMILES string of the molecule is CCc1nn(C)cc1C(=O)N(CCO)C1CCC1. The summed E-state index contributed by atoms with van der Waals surface area (Å²) < 4.78 is 1.68. The van der Waals surface area contributed by atoms with Gasteiger partial charge in [-0.05, 0) is 25.7 Å². The van der Waals surface area contributed by atoms with Gasteiger partial charge in [0.15, 0.2) is 0 Å². The highest BCUT2D eigenvalue weighted by molar-refractivity contribution is 5.95. The van der Waals surface area contributed by atoms with E-state index in [-0.39, 0.29) is 12.5 Å². The summed E-state index contributed by atoms with van der Waals surface area (Å²) in [5.41, 5.74) is 1.52. The van der Waals surface area contributed by atoms with E-state index in [0.717, 1.165) is 25.0 Å². The Kier molecular flexibility index (Phi) is 4.01. The summed E-state index contributed by atoms with van der Waals surface area (Å²) in [6, 6.07) is 0.301. The summed E-state index contributed by atoms with van der Waals surface area (Å²) in [5, 5.41) is 13.4. The van der Waals surface area contributed by atoms with Crippen LogP contribution in [-0.4, -0.2) is 44.9 Å². The monoisotopic (exact) mass is 251 g/mol. The Balaban J connectivity index is 2.20. The van der Waals surface area contributed by atoms with E-state index in [9.17, 15) is 4.79 Å². The number of aliphatic hydroxyl groups excluding tert-OH is 1. The molecule has 0 atom stereocenters. The Hall–Kier alpha value is -1.36. The van der Waals surface area contributed by atoms with Gasteiger partial charge < -0.3 is 10.0 Å². The van der Waals surface area contributed by atoms with E-state index in [0.29, 0.717) is 18.2 Å². The highest BCUT2D eigenvalue weighted by Gasteiger charge is 2.30. The van der Waals surface area contributed by atoms with Crippen molar-refractivity contribution in [1.29, 1.82) is 0 Å². The molecule has 1 aliphatic rings. The van der Waals surface area contributed by atoms with Gasteiger partial charge in [0.05, 0.1) is 17.9 Å². The zero-order chi connectivity index (χ0) is 13.1. The van der Waals surface area contributed by atoms with Crippen LogP contribution in [0.1, 0.15) is 42.2 Å². The molecule has 2 rings (SSSR count). The van der Waals surface area contributed by atoms with Crippen molar-refractivity contribution in [2.24, 2.45) is 7.05 Å². The van der Waals surface area contributed by atoms with Crippen LogP contribution in [0.5, 0.6) is 0 Å². The molecule has 0 bridgehead atoms. The second-order valence-corrected chi connectivity index (χ2v) is 4.82. The van der Waals surface area contributed by atoms with E-state index in [1.165, 1.54) is 6.42 Å². The van der Waals surface area contributed by atoms with E-state index in [1.54, 1.807) is 15.8 Å². The molecule has 1 aliphatic carbocycles. The summed E-state index contributed by atoms with van der Waals surface area (Å²) in [7, 11) is 1.83. The van der Waals surface area contributed by atoms with Crippen LogP contribution < -0.4 is 0 Å². The molecule has 1 fully saturated rings. The van der Waals surface area contributed by atoms with Gasteiger partial charge in [0.2, 0.25) is 0 Å². The van der Waals surface area contributed by atoms with Gasteiger partial charge >= 0.3 is 0 Å². The predicted octanol–water partition coefficient (Wildman–Crippen LogP) is 0.970. The van der Waals surface area contributed by atoms with Crippen molar-refractivity contribution in [2.75, 3.05) is 13.2 Å². The minimum Gasteiger partial charge on any atom is -0.395 e. The average molecular weight is 251 g/mol. The van der Waals surface area contributed by atoms with Crippen LogP contribution in [0.2, 0.25) is 0 Å². The van der Waals surface area contributed by atoms with Crippen molar-refractivity contribution >= 4 is 5.91 Å². The summed E-state index contributed by atoms with van der Waals surface area (Å²) in [5.74, 6) is 0.0127. The van der Waals surface area contributed by atoms with Crippen LogP contribution >= 0.6 is 0 Å². The molecule has 1 amide bonds. The number of carbonyl (C=O) groups excluding carboxylic acids is 1. The minimum atomic E-state index is 0.0127. The van der Waals surface area contributed by atoms with Crippen molar-refractivity contribution in [3.63, 3.8) is 0 Å². The first-order valence-electron chi connectivity index (χ1n) is 6.61. The fourth-order valence-electron chi connectivity index (χ4n) is 2.39. The molecule has 18 heavy (non-hydrogen) atoms. The average Bonchev–Trinajstić information content (AvgIpc) is 2.66. The Morgan fingerprint density at radius 1 is 1.61 bits per heavy atom. The number of carbonyl (C=O) groups is 1. The molecule has 0 unspecified atom stereocenters. The first kappa shape index (κ1) is 13.1. The van der Waals surface area contributed by atoms with Crippen LogP contribution in [0.3, 0.4) is 0 Å². The molecule has 100 valence electrons. The molecule has 1 aromatic rings. The summed E-state index contributed by atoms with van der Waals surface area (Å²) in [6.07, 6.45) is 5.80. The standard InChI is InChI=1S/C13H21N3O2/c1-3-12-11(9-15(2)14-12)13(18)16(7-8-17)10-5-4-6-10/h9-10,17H,3-8H2,1-2H3. The second-order valence-electron chi connectivity index (χ2n) is 4.82. The number of hydrogen-bond acceptors (Lipinski definition) is 3. The van der Waals surface area contributed by atoms with Gasteiger partial charge in [0.25, 0.3) is 5.91 Å². The molecule has 1 heterocycles. The fraction of sp³-hybridized carbons (Fsp3) is 0.692. The zero-order valence-electron chi connectivity index (χ0n) is 11.1. The maximum Gasteiger partial charge on any atom is 0.257 e. The molecule has 0 aliphatic heterocycles. The van der Waals surface area contributed by atoms with Gasteiger partial charge in [-0.2, -0.15) is 5.10 Å². The van der Waals surface area contributed by atoms with Crippen molar-refractivity contribution in [3.8, 4) is 0 Å². The van der Waals surface area contributed by atoms with Crippen molar-refractivity contribution in [2.45, 2.75) is 38.6 Å². The fourth-order valence-corrected chi connectivity index (χ4v) is 2.39. The highest BCUT2D eigenvalue weighted by Crippen LogP contribution is 2.26. The van der Waals surface area contributed by atoms with Gasteiger partial charge in [-0.25, -0.2) is 0 Å². The molecule has 0 aromatic carbocycles. The molecular weight excluding hydrogens is 230 g/mol. The molecule has 0 radical (unpaired) electrons.